The Kier molecular flexibility index (Phi) is 4.69. The molecule has 0 spiro atoms. The van der Waals surface area contributed by atoms with Gasteiger partial charge in [-0.05, 0) is 43.9 Å². The predicted octanol–water partition coefficient (Wildman–Crippen LogP) is 3.26. The maximum absolute atomic E-state index is 6.16. The van der Waals surface area contributed by atoms with E-state index in [-0.39, 0.29) is 5.54 Å². The molecule has 0 aromatic carbocycles. The second kappa shape index (κ2) is 6.10. The second-order valence-electron chi connectivity index (χ2n) is 6.46. The van der Waals surface area contributed by atoms with Crippen molar-refractivity contribution in [2.24, 2.45) is 17.6 Å². The molecule has 3 heteroatoms. The molecule has 2 unspecified atom stereocenters. The maximum Gasteiger partial charge on any atom is 0.117 e. The van der Waals surface area contributed by atoms with Crippen LogP contribution in [-0.2, 0) is 6.54 Å². The van der Waals surface area contributed by atoms with Crippen LogP contribution in [0.2, 0.25) is 0 Å². The van der Waals surface area contributed by atoms with Gasteiger partial charge in [0.05, 0.1) is 12.8 Å². The minimum absolute atomic E-state index is 0.153. The van der Waals surface area contributed by atoms with Crippen LogP contribution in [-0.4, -0.2) is 24.0 Å². The van der Waals surface area contributed by atoms with E-state index >= 15 is 0 Å². The highest BCUT2D eigenvalue weighted by atomic mass is 16.3. The topological polar surface area (TPSA) is 42.4 Å². The third-order valence-electron chi connectivity index (χ3n) is 4.96. The summed E-state index contributed by atoms with van der Waals surface area (Å²) < 4.78 is 5.48. The molecule has 19 heavy (non-hydrogen) atoms. The first-order chi connectivity index (χ1) is 9.07. The van der Waals surface area contributed by atoms with Gasteiger partial charge in [-0.2, -0.15) is 0 Å². The van der Waals surface area contributed by atoms with Crippen LogP contribution < -0.4 is 5.73 Å². The van der Waals surface area contributed by atoms with E-state index in [1.807, 2.05) is 12.1 Å². The highest BCUT2D eigenvalue weighted by Crippen LogP contribution is 2.39. The van der Waals surface area contributed by atoms with Crippen LogP contribution in [0.1, 0.15) is 45.3 Å². The number of rotatable bonds is 5. The van der Waals surface area contributed by atoms with Crippen molar-refractivity contribution >= 4 is 0 Å². The monoisotopic (exact) mass is 264 g/mol. The Labute approximate surface area is 117 Å². The molecule has 1 aromatic rings. The van der Waals surface area contributed by atoms with Gasteiger partial charge >= 0.3 is 0 Å². The zero-order valence-corrected chi connectivity index (χ0v) is 12.6. The summed E-state index contributed by atoms with van der Waals surface area (Å²) in [6.07, 6.45) is 6.83. The van der Waals surface area contributed by atoms with Crippen LogP contribution in [0.4, 0.5) is 0 Å². The average molecular weight is 264 g/mol. The summed E-state index contributed by atoms with van der Waals surface area (Å²) in [4.78, 5) is 2.42. The van der Waals surface area contributed by atoms with Gasteiger partial charge in [0.15, 0.2) is 0 Å². The first-order valence-corrected chi connectivity index (χ1v) is 7.51. The quantitative estimate of drug-likeness (QED) is 0.887. The zero-order chi connectivity index (χ0) is 13.9. The molecular weight excluding hydrogens is 236 g/mol. The molecule has 1 aromatic heterocycles. The number of furan rings is 1. The van der Waals surface area contributed by atoms with Gasteiger partial charge in [0.25, 0.3) is 0 Å². The van der Waals surface area contributed by atoms with Gasteiger partial charge in [-0.25, -0.2) is 0 Å². The molecule has 2 N–H and O–H groups in total. The maximum atomic E-state index is 6.16. The Bertz CT molecular complexity index is 374. The van der Waals surface area contributed by atoms with E-state index in [1.165, 1.54) is 25.7 Å². The van der Waals surface area contributed by atoms with Crippen molar-refractivity contribution in [1.82, 2.24) is 4.90 Å². The van der Waals surface area contributed by atoms with E-state index in [1.54, 1.807) is 6.26 Å². The van der Waals surface area contributed by atoms with E-state index in [0.717, 1.165) is 30.7 Å². The molecule has 108 valence electrons. The van der Waals surface area contributed by atoms with E-state index in [9.17, 15) is 0 Å². The van der Waals surface area contributed by atoms with Gasteiger partial charge in [-0.1, -0.05) is 26.7 Å². The third kappa shape index (κ3) is 3.21. The molecule has 3 nitrogen and oxygen atoms in total. The zero-order valence-electron chi connectivity index (χ0n) is 12.6. The fraction of sp³-hybridized carbons (Fsp3) is 0.750. The molecule has 0 amide bonds. The number of likely N-dealkylation sites (N-methyl/N-ethyl adjacent to an activating group) is 1. The summed E-state index contributed by atoms with van der Waals surface area (Å²) in [6, 6.07) is 4.00. The fourth-order valence-electron chi connectivity index (χ4n) is 3.45. The van der Waals surface area contributed by atoms with Crippen molar-refractivity contribution in [1.29, 1.82) is 0 Å². The lowest BCUT2D eigenvalue weighted by atomic mass is 9.71. The summed E-state index contributed by atoms with van der Waals surface area (Å²) in [5, 5.41) is 0. The number of nitrogens with zero attached hydrogens (tertiary/aromatic N) is 1. The predicted molar refractivity (Wildman–Crippen MR) is 78.8 cm³/mol. The lowest BCUT2D eigenvalue weighted by molar-refractivity contribution is 0.0353. The highest BCUT2D eigenvalue weighted by molar-refractivity contribution is 5.02. The molecule has 0 radical (unpaired) electrons. The largest absolute Gasteiger partial charge is 0.468 e. The fourth-order valence-corrected chi connectivity index (χ4v) is 3.45. The normalized spacial score (nSPS) is 28.2. The van der Waals surface area contributed by atoms with Crippen LogP contribution in [0, 0.1) is 11.8 Å². The van der Waals surface area contributed by atoms with Crippen molar-refractivity contribution in [3.8, 4) is 0 Å². The van der Waals surface area contributed by atoms with Crippen LogP contribution in [0.25, 0.3) is 0 Å². The van der Waals surface area contributed by atoms with Crippen LogP contribution in [0.5, 0.6) is 0 Å². The summed E-state index contributed by atoms with van der Waals surface area (Å²) in [6.45, 7) is 6.27. The molecule has 0 bridgehead atoms. The van der Waals surface area contributed by atoms with Crippen molar-refractivity contribution in [2.45, 2.75) is 51.6 Å². The van der Waals surface area contributed by atoms with E-state index in [2.05, 4.69) is 25.8 Å². The van der Waals surface area contributed by atoms with Gasteiger partial charge in [-0.15, -0.1) is 0 Å². The number of nitrogens with two attached hydrogens (primary N) is 1. The molecule has 2 atom stereocenters. The first kappa shape index (κ1) is 14.6. The van der Waals surface area contributed by atoms with Crippen molar-refractivity contribution in [3.05, 3.63) is 24.2 Å². The molecule has 1 heterocycles. The minimum atomic E-state index is 0.153. The van der Waals surface area contributed by atoms with Crippen molar-refractivity contribution in [2.75, 3.05) is 13.6 Å². The molecule has 1 saturated carbocycles. The molecule has 2 rings (SSSR count). The Morgan fingerprint density at radius 1 is 1.53 bits per heavy atom. The summed E-state index contributed by atoms with van der Waals surface area (Å²) >= 11 is 0. The second-order valence-corrected chi connectivity index (χ2v) is 6.46. The summed E-state index contributed by atoms with van der Waals surface area (Å²) in [5.74, 6) is 2.58. The Hall–Kier alpha value is -0.800. The molecule has 1 fully saturated rings. The van der Waals surface area contributed by atoms with Gasteiger partial charge in [0.1, 0.15) is 5.76 Å². The standard InChI is InChI=1S/C16H28N2O/c1-13(2)14-6-4-8-16(10-14,12-17)18(3)11-15-7-5-9-19-15/h5,7,9,13-14H,4,6,8,10-12,17H2,1-3H3. The molecule has 0 aliphatic heterocycles. The number of hydrogen-bond acceptors (Lipinski definition) is 3. The van der Waals surface area contributed by atoms with E-state index in [4.69, 9.17) is 10.2 Å². The van der Waals surface area contributed by atoms with Gasteiger partial charge < -0.3 is 10.2 Å². The van der Waals surface area contributed by atoms with Gasteiger partial charge in [0, 0.05) is 12.1 Å². The smallest absolute Gasteiger partial charge is 0.117 e. The highest BCUT2D eigenvalue weighted by Gasteiger charge is 2.39. The third-order valence-corrected chi connectivity index (χ3v) is 4.96. The van der Waals surface area contributed by atoms with Gasteiger partial charge in [-0.3, -0.25) is 4.90 Å². The Balaban J connectivity index is 2.07. The van der Waals surface area contributed by atoms with Crippen molar-refractivity contribution < 1.29 is 4.42 Å². The lowest BCUT2D eigenvalue weighted by Crippen LogP contribution is -2.54. The van der Waals surface area contributed by atoms with Crippen LogP contribution in [0.3, 0.4) is 0 Å². The minimum Gasteiger partial charge on any atom is -0.468 e. The van der Waals surface area contributed by atoms with Crippen molar-refractivity contribution in [3.63, 3.8) is 0 Å². The van der Waals surface area contributed by atoms with Crippen LogP contribution >= 0.6 is 0 Å². The first-order valence-electron chi connectivity index (χ1n) is 7.51. The van der Waals surface area contributed by atoms with Gasteiger partial charge in [0.2, 0.25) is 0 Å². The number of hydrogen-bond donors (Lipinski definition) is 1. The SMILES string of the molecule is CC(C)C1CCCC(CN)(N(C)Cc2ccco2)C1. The van der Waals surface area contributed by atoms with E-state index < -0.39 is 0 Å². The molecule has 1 aliphatic rings. The lowest BCUT2D eigenvalue weighted by Gasteiger charge is -2.47. The summed E-state index contributed by atoms with van der Waals surface area (Å²) in [5.41, 5.74) is 6.31. The average Bonchev–Trinajstić information content (AvgIpc) is 2.91. The molecule has 0 saturated heterocycles. The molecule has 1 aliphatic carbocycles. The van der Waals surface area contributed by atoms with Crippen LogP contribution in [0.15, 0.2) is 22.8 Å². The summed E-state index contributed by atoms with van der Waals surface area (Å²) in [7, 11) is 2.19. The Morgan fingerprint density at radius 3 is 2.89 bits per heavy atom. The Morgan fingerprint density at radius 2 is 2.32 bits per heavy atom. The van der Waals surface area contributed by atoms with E-state index in [0.29, 0.717) is 0 Å². The molecular formula is C16H28N2O.